The van der Waals surface area contributed by atoms with E-state index in [4.69, 9.17) is 4.74 Å². The number of amides is 1. The molecular weight excluding hydrogens is 431 g/mol. The van der Waals surface area contributed by atoms with Gasteiger partial charge >= 0.3 is 6.09 Å². The first-order valence-corrected chi connectivity index (χ1v) is 12.4. The second-order valence-electron chi connectivity index (χ2n) is 11.3. The van der Waals surface area contributed by atoms with Gasteiger partial charge in [-0.1, -0.05) is 19.9 Å². The molecule has 34 heavy (non-hydrogen) atoms. The molecule has 5 rings (SSSR count). The molecule has 2 N–H and O–H groups in total. The van der Waals surface area contributed by atoms with E-state index < -0.39 is 0 Å². The highest BCUT2D eigenvalue weighted by atomic mass is 19.1. The molecule has 2 aromatic rings. The SMILES string of the molecule is CC1(C)CC1.Cc1ccc(Nc2ncc(C3CC(COC(=O)NC4(C)CCC4)C3)cn2)c(F)c1.[HH].[HH].[HH]. The average Bonchev–Trinajstić information content (AvgIpc) is 3.43. The summed E-state index contributed by atoms with van der Waals surface area (Å²) in [6.45, 7) is 8.95. The molecule has 6 nitrogen and oxygen atoms in total. The van der Waals surface area contributed by atoms with E-state index in [1.165, 1.54) is 18.9 Å². The summed E-state index contributed by atoms with van der Waals surface area (Å²) in [5.41, 5.74) is 2.96. The van der Waals surface area contributed by atoms with Gasteiger partial charge in [-0.3, -0.25) is 0 Å². The molecule has 1 amide bonds. The molecule has 0 aliphatic heterocycles. The van der Waals surface area contributed by atoms with Crippen LogP contribution in [0.3, 0.4) is 0 Å². The molecule has 0 spiro atoms. The van der Waals surface area contributed by atoms with E-state index in [1.54, 1.807) is 18.5 Å². The second-order valence-corrected chi connectivity index (χ2v) is 11.3. The van der Waals surface area contributed by atoms with Crippen LogP contribution in [0.4, 0.5) is 20.8 Å². The maximum Gasteiger partial charge on any atom is 0.407 e. The van der Waals surface area contributed by atoms with E-state index in [0.29, 0.717) is 30.1 Å². The van der Waals surface area contributed by atoms with Crippen molar-refractivity contribution in [2.24, 2.45) is 11.3 Å². The largest absolute Gasteiger partial charge is 0.449 e. The Kier molecular flexibility index (Phi) is 7.10. The maximum absolute atomic E-state index is 13.9. The predicted molar refractivity (Wildman–Crippen MR) is 138 cm³/mol. The van der Waals surface area contributed by atoms with Crippen LogP contribution in [0.25, 0.3) is 0 Å². The first-order chi connectivity index (χ1) is 16.1. The van der Waals surface area contributed by atoms with Crippen LogP contribution in [0.15, 0.2) is 30.6 Å². The number of anilines is 2. The number of hydrogen-bond acceptors (Lipinski definition) is 5. The Morgan fingerprint density at radius 2 is 1.79 bits per heavy atom. The molecule has 1 aromatic heterocycles. The summed E-state index contributed by atoms with van der Waals surface area (Å²) in [4.78, 5) is 20.5. The van der Waals surface area contributed by atoms with E-state index in [2.05, 4.69) is 41.4 Å². The Hall–Kier alpha value is -2.70. The highest BCUT2D eigenvalue weighted by Gasteiger charge is 2.35. The smallest absolute Gasteiger partial charge is 0.407 e. The molecule has 3 saturated carbocycles. The number of halogens is 1. The normalized spacial score (nSPS) is 23.3. The summed E-state index contributed by atoms with van der Waals surface area (Å²) >= 11 is 0. The number of alkyl carbamates (subject to hydrolysis) is 1. The van der Waals surface area contributed by atoms with Crippen LogP contribution in [-0.4, -0.2) is 28.2 Å². The zero-order valence-corrected chi connectivity index (χ0v) is 20.8. The van der Waals surface area contributed by atoms with Crippen LogP contribution in [0.2, 0.25) is 0 Å². The molecule has 3 aliphatic rings. The quantitative estimate of drug-likeness (QED) is 0.457. The van der Waals surface area contributed by atoms with E-state index in [-0.39, 0.29) is 21.7 Å². The van der Waals surface area contributed by atoms with Gasteiger partial charge in [0.15, 0.2) is 0 Å². The van der Waals surface area contributed by atoms with Crippen molar-refractivity contribution in [3.63, 3.8) is 0 Å². The van der Waals surface area contributed by atoms with Crippen LogP contribution in [-0.2, 0) is 4.74 Å². The predicted octanol–water partition coefficient (Wildman–Crippen LogP) is 7.37. The maximum atomic E-state index is 13.9. The number of carbonyl (C=O) groups excluding carboxylic acids is 1. The lowest BCUT2D eigenvalue weighted by Crippen LogP contribution is -2.51. The summed E-state index contributed by atoms with van der Waals surface area (Å²) in [5, 5.41) is 5.87. The first-order valence-electron chi connectivity index (χ1n) is 12.4. The van der Waals surface area contributed by atoms with Crippen LogP contribution in [0, 0.1) is 24.1 Å². The minimum absolute atomic E-state index is 0. The van der Waals surface area contributed by atoms with Gasteiger partial charge in [0.2, 0.25) is 5.95 Å². The molecule has 3 fully saturated rings. The summed E-state index contributed by atoms with van der Waals surface area (Å²) in [7, 11) is 0. The van der Waals surface area contributed by atoms with Crippen molar-refractivity contribution in [1.82, 2.24) is 15.3 Å². The number of nitrogens with zero attached hydrogens (tertiary/aromatic N) is 2. The van der Waals surface area contributed by atoms with Gasteiger partial charge in [0.1, 0.15) is 5.82 Å². The van der Waals surface area contributed by atoms with Gasteiger partial charge in [-0.05, 0) is 99.3 Å². The number of ether oxygens (including phenoxy) is 1. The molecule has 7 heteroatoms. The lowest BCUT2D eigenvalue weighted by atomic mass is 9.72. The average molecular weight is 475 g/mol. The molecule has 0 atom stereocenters. The minimum atomic E-state index is -0.324. The van der Waals surface area contributed by atoms with Gasteiger partial charge < -0.3 is 15.4 Å². The van der Waals surface area contributed by atoms with Gasteiger partial charge in [0, 0.05) is 22.2 Å². The summed E-state index contributed by atoms with van der Waals surface area (Å²) < 4.78 is 19.3. The molecule has 190 valence electrons. The van der Waals surface area contributed by atoms with Gasteiger partial charge in [-0.15, -0.1) is 0 Å². The van der Waals surface area contributed by atoms with Gasteiger partial charge in [0.25, 0.3) is 0 Å². The molecule has 0 bridgehead atoms. The number of hydrogen-bond donors (Lipinski definition) is 2. The van der Waals surface area contributed by atoms with E-state index >= 15 is 0 Å². The molecule has 0 unspecified atom stereocenters. The number of aromatic nitrogens is 2. The van der Waals surface area contributed by atoms with Crippen molar-refractivity contribution in [2.75, 3.05) is 11.9 Å². The first kappa shape index (κ1) is 24.4. The van der Waals surface area contributed by atoms with Gasteiger partial charge in [-0.2, -0.15) is 0 Å². The fourth-order valence-electron chi connectivity index (χ4n) is 4.16. The fraction of sp³-hybridized carbons (Fsp3) is 0.593. The Balaban J connectivity index is 0.000000769. The number of carbonyl (C=O) groups is 1. The molecular formula is C27H43FN4O2. The van der Waals surface area contributed by atoms with Crippen molar-refractivity contribution < 1.29 is 18.2 Å². The highest BCUT2D eigenvalue weighted by Crippen LogP contribution is 2.43. The minimum Gasteiger partial charge on any atom is -0.449 e. The molecule has 0 saturated heterocycles. The van der Waals surface area contributed by atoms with Gasteiger partial charge in [0.05, 0.1) is 12.3 Å². The van der Waals surface area contributed by atoms with Crippen molar-refractivity contribution in [1.29, 1.82) is 0 Å². The van der Waals surface area contributed by atoms with E-state index in [1.807, 2.05) is 13.0 Å². The standard InChI is InChI=1S/C22H27FN4O2.C5H10.3H2/c1-14-4-5-19(18(23)8-14)26-20-24-11-17(12-25-20)16-9-15(10-16)13-29-21(28)27-22(2)6-3-7-22;1-5(2)3-4-5;;;/h4-5,8,11-12,15-16H,3,6-7,9-10,13H2,1-2H3,(H,27,28)(H,24,25,26);3-4H2,1-2H3;3*1H. The lowest BCUT2D eigenvalue weighted by molar-refractivity contribution is 0.0797. The molecule has 1 heterocycles. The lowest BCUT2D eigenvalue weighted by Gasteiger charge is -2.39. The van der Waals surface area contributed by atoms with Crippen LogP contribution < -0.4 is 10.6 Å². The molecule has 0 radical (unpaired) electrons. The summed E-state index contributed by atoms with van der Waals surface area (Å²) in [6.07, 6.45) is 11.3. The van der Waals surface area contributed by atoms with Crippen molar-refractivity contribution in [2.45, 2.75) is 84.1 Å². The topological polar surface area (TPSA) is 76.1 Å². The molecule has 3 aliphatic carbocycles. The van der Waals surface area contributed by atoms with Crippen LogP contribution in [0.1, 0.15) is 87.0 Å². The fourth-order valence-corrected chi connectivity index (χ4v) is 4.16. The third-order valence-electron chi connectivity index (χ3n) is 7.31. The number of aryl methyl sites for hydroxylation is 1. The summed E-state index contributed by atoms with van der Waals surface area (Å²) in [5.74, 6) is 0.798. The van der Waals surface area contributed by atoms with Crippen LogP contribution in [0.5, 0.6) is 0 Å². The highest BCUT2D eigenvalue weighted by molar-refractivity contribution is 5.68. The Bertz CT molecular complexity index is 1010. The van der Waals surface area contributed by atoms with E-state index in [9.17, 15) is 9.18 Å². The zero-order chi connectivity index (χ0) is 24.3. The zero-order valence-electron chi connectivity index (χ0n) is 20.8. The summed E-state index contributed by atoms with van der Waals surface area (Å²) in [6, 6.07) is 4.99. The van der Waals surface area contributed by atoms with Crippen LogP contribution >= 0.6 is 0 Å². The Morgan fingerprint density at radius 1 is 1.15 bits per heavy atom. The van der Waals surface area contributed by atoms with E-state index in [0.717, 1.165) is 48.6 Å². The molecule has 1 aromatic carbocycles. The van der Waals surface area contributed by atoms with Crippen molar-refractivity contribution >= 4 is 17.7 Å². The number of benzene rings is 1. The third-order valence-corrected chi connectivity index (χ3v) is 7.31. The van der Waals surface area contributed by atoms with Crippen molar-refractivity contribution in [3.05, 3.63) is 47.5 Å². The Morgan fingerprint density at radius 3 is 2.32 bits per heavy atom. The number of rotatable bonds is 6. The van der Waals surface area contributed by atoms with Gasteiger partial charge in [-0.25, -0.2) is 19.2 Å². The monoisotopic (exact) mass is 474 g/mol. The number of nitrogens with one attached hydrogen (secondary N) is 2. The Labute approximate surface area is 206 Å². The second kappa shape index (κ2) is 9.88. The third kappa shape index (κ3) is 6.67. The van der Waals surface area contributed by atoms with Crippen molar-refractivity contribution in [3.8, 4) is 0 Å².